The van der Waals surface area contributed by atoms with Gasteiger partial charge in [-0.15, -0.1) is 0 Å². The van der Waals surface area contributed by atoms with Crippen molar-refractivity contribution in [1.82, 2.24) is 9.80 Å². The Kier molecular flexibility index (Phi) is 42.0. The van der Waals surface area contributed by atoms with Gasteiger partial charge in [-0.1, -0.05) is 30.4 Å². The second kappa shape index (κ2) is 23.7. The van der Waals surface area contributed by atoms with Crippen LogP contribution in [0.25, 0.3) is 0 Å². The average Bonchev–Trinajstić information content (AvgIpc) is 2.16. The monoisotopic (exact) mass is 696 g/mol. The Hall–Kier alpha value is 6.86. The molecular weight excluding hydrogens is 684 g/mol. The van der Waals surface area contributed by atoms with Gasteiger partial charge < -0.3 is 57.4 Å². The van der Waals surface area contributed by atoms with Crippen LogP contribution in [0.15, 0.2) is 0 Å². The first-order valence-electron chi connectivity index (χ1n) is 5.85. The molecule has 0 aliphatic carbocycles. The van der Waals surface area contributed by atoms with E-state index in [1.807, 2.05) is 0 Å². The van der Waals surface area contributed by atoms with Crippen LogP contribution in [0.4, 0.5) is 0 Å². The first kappa shape index (κ1) is 53.2. The summed E-state index contributed by atoms with van der Waals surface area (Å²) >= 11 is 0. The zero-order chi connectivity index (χ0) is 19.4. The average molecular weight is 696 g/mol. The molecule has 0 aromatic carbocycles. The molecule has 0 saturated carbocycles. The largest absolute Gasteiger partial charge is 3.00 e. The molecule has 0 rings (SSSR count). The smallest absolute Gasteiger partial charge is 0.810 e. The third-order valence-electron chi connectivity index (χ3n) is 2.23. The van der Waals surface area contributed by atoms with E-state index in [0.29, 0.717) is 9.80 Å². The molecule has 0 bridgehead atoms. The van der Waals surface area contributed by atoms with Crippen molar-refractivity contribution < 1.29 is 246 Å². The molecule has 0 aliphatic rings. The first-order valence-corrected chi connectivity index (χ1v) is 12.8. The van der Waals surface area contributed by atoms with Crippen LogP contribution in [-0.2, 0) is 18.3 Å². The molecule has 0 atom stereocenters. The van der Waals surface area contributed by atoms with Crippen molar-refractivity contribution in [3.63, 3.8) is 0 Å². The molecule has 0 amide bonds. The van der Waals surface area contributed by atoms with Crippen LogP contribution >= 0.6 is 30.4 Å². The van der Waals surface area contributed by atoms with Crippen molar-refractivity contribution in [2.24, 2.45) is 0 Å². The SMILES string of the molecule is O=P([O-])([O-])CN(CCN(CP(=O)([O-])[O-])CP(=O)([O-])[O-])CP(=O)([O-])[O-].[153Sm+3].[Na+].[Na+].[Na+].[Na+].[Na+]. The van der Waals surface area contributed by atoms with Crippen LogP contribution in [-0.4, -0.2) is 48.0 Å². The fourth-order valence-corrected chi connectivity index (χ4v) is 4.88. The summed E-state index contributed by atoms with van der Waals surface area (Å²) in [5.74, 6) is 0. The van der Waals surface area contributed by atoms with E-state index in [0.717, 1.165) is 0 Å². The van der Waals surface area contributed by atoms with Crippen molar-refractivity contribution in [1.29, 1.82) is 0 Å². The summed E-state index contributed by atoms with van der Waals surface area (Å²) < 4.78 is 42.7. The second-order valence-electron chi connectivity index (χ2n) is 4.80. The molecule has 0 N–H and O–H groups in total. The van der Waals surface area contributed by atoms with Gasteiger partial charge in [-0.2, -0.15) is 0 Å². The Labute approximate surface area is 317 Å². The molecule has 30 heavy (non-hydrogen) atoms. The predicted molar refractivity (Wildman–Crippen MR) is 63.3 cm³/mol. The van der Waals surface area contributed by atoms with E-state index in [9.17, 15) is 57.4 Å². The third-order valence-corrected chi connectivity index (χ3v) is 5.21. The molecule has 0 spiro atoms. The maximum absolute atomic E-state index is 10.7. The van der Waals surface area contributed by atoms with E-state index >= 15 is 0 Å². The van der Waals surface area contributed by atoms with Gasteiger partial charge in [0.1, 0.15) is 0 Å². The molecule has 0 fully saturated rings. The molecular formula is C6H12N2Na5O12P4Sm. The summed E-state index contributed by atoms with van der Waals surface area (Å²) in [6, 6.07) is 0. The van der Waals surface area contributed by atoms with Crippen LogP contribution in [0.3, 0.4) is 0 Å². The fraction of sp³-hybridized carbons (Fsp3) is 1.00. The Morgan fingerprint density at radius 3 is 0.667 bits per heavy atom. The summed E-state index contributed by atoms with van der Waals surface area (Å²) in [5.41, 5.74) is 0. The maximum Gasteiger partial charge on any atom is 3.00 e. The van der Waals surface area contributed by atoms with Gasteiger partial charge >= 0.3 is 188 Å². The van der Waals surface area contributed by atoms with E-state index < -0.39 is 68.6 Å². The molecule has 0 aromatic heterocycles. The van der Waals surface area contributed by atoms with Crippen LogP contribution in [0.1, 0.15) is 0 Å². The molecule has 0 aliphatic heterocycles. The second-order valence-corrected chi connectivity index (χ2v) is 10.8. The van der Waals surface area contributed by atoms with Crippen molar-refractivity contribution in [2.45, 2.75) is 0 Å². The number of nitrogens with zero attached hydrogens (tertiary/aromatic N) is 2. The van der Waals surface area contributed by atoms with Gasteiger partial charge in [0, 0.05) is 38.2 Å². The Balaban J connectivity index is -0.000000176. The van der Waals surface area contributed by atoms with E-state index in [2.05, 4.69) is 0 Å². The van der Waals surface area contributed by atoms with Crippen molar-refractivity contribution >= 4 is 30.4 Å². The van der Waals surface area contributed by atoms with Gasteiger partial charge in [-0.3, -0.25) is 9.80 Å². The third kappa shape index (κ3) is 39.4. The normalized spacial score (nSPS) is 11.7. The fourth-order valence-electron chi connectivity index (χ4n) is 1.63. The zero-order valence-electron chi connectivity index (χ0n) is 17.2. The summed E-state index contributed by atoms with van der Waals surface area (Å²) in [6.07, 6.45) is -5.63. The van der Waals surface area contributed by atoms with Gasteiger partial charge in [0.15, 0.2) is 0 Å². The Bertz CT molecular complexity index is 512. The zero-order valence-corrected chi connectivity index (χ0v) is 33.4. The van der Waals surface area contributed by atoms with E-state index in [1.54, 1.807) is 0 Å². The van der Waals surface area contributed by atoms with Crippen molar-refractivity contribution in [3.05, 3.63) is 0 Å². The van der Waals surface area contributed by atoms with Gasteiger partial charge in [-0.05, 0) is 0 Å². The minimum atomic E-state index is -5.30. The maximum atomic E-state index is 10.7. The number of hydrogen-bond acceptors (Lipinski definition) is 14. The predicted octanol–water partition coefficient (Wildman–Crippen LogP) is -21.9. The molecule has 149 valence electrons. The van der Waals surface area contributed by atoms with Gasteiger partial charge in [0.25, 0.3) is 0 Å². The number of hydrogen-bond donors (Lipinski definition) is 0. The summed E-state index contributed by atoms with van der Waals surface area (Å²) in [6.45, 7) is -1.55. The molecule has 14 nitrogen and oxygen atoms in total. The Morgan fingerprint density at radius 1 is 0.433 bits per heavy atom. The standard InChI is InChI=1S/C6H20N2O12P4.5Na.Sm/c9-21(10,11)3-7(4-22(12,13)14)1-2-8(5-23(15,16)17)6-24(18,19)20;;;;;;/h1-6H2,(H2,9,10,11)(H2,12,13,14)(H2,15,16,17)(H2,18,19,20);;;;;;/q;5*+1;+3/p-8/i;;;;;;1+3. The molecule has 24 heteroatoms. The molecule has 0 heterocycles. The minimum absolute atomic E-state index is 0. The van der Waals surface area contributed by atoms with Crippen molar-refractivity contribution in [3.8, 4) is 0 Å². The summed E-state index contributed by atoms with van der Waals surface area (Å²) in [5, 5.41) is 0. The van der Waals surface area contributed by atoms with E-state index in [1.165, 1.54) is 0 Å². The number of rotatable bonds is 11. The molecule has 0 aromatic rings. The molecule has 1 radical (unpaired) electrons. The van der Waals surface area contributed by atoms with Crippen LogP contribution in [0, 0.1) is 40.4 Å². The molecule has 0 saturated heterocycles. The van der Waals surface area contributed by atoms with Crippen LogP contribution in [0.5, 0.6) is 0 Å². The molecule has 0 unspecified atom stereocenters. The minimum Gasteiger partial charge on any atom is -0.810 e. The van der Waals surface area contributed by atoms with Gasteiger partial charge in [0.2, 0.25) is 0 Å². The first-order chi connectivity index (χ1) is 10.4. The van der Waals surface area contributed by atoms with Crippen molar-refractivity contribution in [2.75, 3.05) is 38.2 Å². The van der Waals surface area contributed by atoms with Gasteiger partial charge in [-0.25, -0.2) is 0 Å². The summed E-state index contributed by atoms with van der Waals surface area (Å²) in [7, 11) is -21.2. The van der Waals surface area contributed by atoms with E-state index in [-0.39, 0.29) is 188 Å². The van der Waals surface area contributed by atoms with Gasteiger partial charge in [0.05, 0.1) is 0 Å². The van der Waals surface area contributed by atoms with Crippen LogP contribution in [0.2, 0.25) is 0 Å². The Morgan fingerprint density at radius 2 is 0.567 bits per heavy atom. The van der Waals surface area contributed by atoms with E-state index in [4.69, 9.17) is 0 Å². The topological polar surface area (TPSA) is 259 Å². The summed E-state index contributed by atoms with van der Waals surface area (Å²) in [4.78, 5) is 85.9. The van der Waals surface area contributed by atoms with Crippen LogP contribution < -0.4 is 187 Å². The quantitative estimate of drug-likeness (QED) is 0.144.